The molecule has 1 amide bonds. The number of carbonyl (C=O) groups is 1. The molecule has 0 saturated carbocycles. The predicted octanol–water partition coefficient (Wildman–Crippen LogP) is 3.19. The number of hydrogen-bond donors (Lipinski definition) is 0. The maximum Gasteiger partial charge on any atom is 0.329 e. The smallest absolute Gasteiger partial charge is 0.312 e. The van der Waals surface area contributed by atoms with Crippen molar-refractivity contribution in [3.63, 3.8) is 0 Å². The molecule has 1 aliphatic heterocycles. The lowest BCUT2D eigenvalue weighted by atomic mass is 10.2. The largest absolute Gasteiger partial charge is 0.329 e. The normalized spacial score (nSPS) is 13.3. The zero-order valence-electron chi connectivity index (χ0n) is 15.0. The molecule has 0 N–H and O–H groups in total. The molecule has 5 nitrogen and oxygen atoms in total. The van der Waals surface area contributed by atoms with E-state index in [0.29, 0.717) is 19.5 Å². The van der Waals surface area contributed by atoms with Crippen molar-refractivity contribution in [2.24, 2.45) is 0 Å². The van der Waals surface area contributed by atoms with Crippen LogP contribution in [0.3, 0.4) is 0 Å². The summed E-state index contributed by atoms with van der Waals surface area (Å²) in [6, 6.07) is 15.9. The number of nitrogens with zero attached hydrogens (tertiary/aromatic N) is 3. The number of imidazole rings is 1. The second kappa shape index (κ2) is 6.83. The van der Waals surface area contributed by atoms with E-state index in [1.165, 1.54) is 5.56 Å². The van der Waals surface area contributed by atoms with Crippen LogP contribution in [0, 0.1) is 0 Å². The molecule has 1 aliphatic rings. The van der Waals surface area contributed by atoms with E-state index in [9.17, 15) is 9.59 Å². The van der Waals surface area contributed by atoms with E-state index in [1.54, 1.807) is 4.57 Å². The van der Waals surface area contributed by atoms with Gasteiger partial charge in [0.15, 0.2) is 0 Å². The first-order valence-electron chi connectivity index (χ1n) is 9.27. The van der Waals surface area contributed by atoms with Gasteiger partial charge < -0.3 is 4.90 Å². The maximum absolute atomic E-state index is 12.8. The molecule has 3 aromatic rings. The number of aryl methyl sites for hydroxylation is 2. The van der Waals surface area contributed by atoms with Crippen molar-refractivity contribution in [2.45, 2.75) is 39.3 Å². The zero-order valence-corrected chi connectivity index (χ0v) is 15.0. The molecule has 0 saturated heterocycles. The molecule has 134 valence electrons. The molecule has 0 unspecified atom stereocenters. The van der Waals surface area contributed by atoms with Crippen LogP contribution in [0.4, 0.5) is 5.69 Å². The Hall–Kier alpha value is -2.82. The van der Waals surface area contributed by atoms with E-state index in [1.807, 2.05) is 51.9 Å². The van der Waals surface area contributed by atoms with Crippen LogP contribution < -0.4 is 10.6 Å². The molecule has 2 aromatic carbocycles. The number of anilines is 1. The van der Waals surface area contributed by atoms with Crippen molar-refractivity contribution < 1.29 is 4.79 Å². The first kappa shape index (κ1) is 16.6. The summed E-state index contributed by atoms with van der Waals surface area (Å²) >= 11 is 0. The van der Waals surface area contributed by atoms with Crippen molar-refractivity contribution in [2.75, 3.05) is 11.4 Å². The second-order valence-corrected chi connectivity index (χ2v) is 6.75. The van der Waals surface area contributed by atoms with Crippen molar-refractivity contribution in [1.29, 1.82) is 0 Å². The standard InChI is InChI=1S/C21H23N3O2/c1-2-13-23-18-9-5-6-10-19(18)24(21(23)26)15-12-20(25)22-14-11-16-7-3-4-8-17(16)22/h3-10H,2,11-15H2,1H3. The zero-order chi connectivity index (χ0) is 18.1. The van der Waals surface area contributed by atoms with E-state index >= 15 is 0 Å². The molecular weight excluding hydrogens is 326 g/mol. The van der Waals surface area contributed by atoms with Crippen molar-refractivity contribution in [3.8, 4) is 0 Å². The minimum Gasteiger partial charge on any atom is -0.312 e. The fraction of sp³-hybridized carbons (Fsp3) is 0.333. The highest BCUT2D eigenvalue weighted by Gasteiger charge is 2.24. The van der Waals surface area contributed by atoms with Gasteiger partial charge in [-0.1, -0.05) is 37.3 Å². The Morgan fingerprint density at radius 2 is 1.62 bits per heavy atom. The summed E-state index contributed by atoms with van der Waals surface area (Å²) < 4.78 is 3.55. The van der Waals surface area contributed by atoms with E-state index < -0.39 is 0 Å². The summed E-state index contributed by atoms with van der Waals surface area (Å²) in [5.41, 5.74) is 4.05. The molecular formula is C21H23N3O2. The number of hydrogen-bond acceptors (Lipinski definition) is 2. The lowest BCUT2D eigenvalue weighted by Gasteiger charge is -2.17. The molecule has 0 fully saturated rings. The Bertz CT molecular complexity index is 1020. The van der Waals surface area contributed by atoms with Crippen LogP contribution in [0.2, 0.25) is 0 Å². The van der Waals surface area contributed by atoms with Crippen LogP contribution in [0.25, 0.3) is 11.0 Å². The number of fused-ring (bicyclic) bond motifs is 2. The predicted molar refractivity (Wildman–Crippen MR) is 104 cm³/mol. The Morgan fingerprint density at radius 3 is 2.35 bits per heavy atom. The molecule has 0 spiro atoms. The summed E-state index contributed by atoms with van der Waals surface area (Å²) in [5, 5.41) is 0. The topological polar surface area (TPSA) is 47.2 Å². The van der Waals surface area contributed by atoms with Gasteiger partial charge in [0, 0.05) is 31.7 Å². The lowest BCUT2D eigenvalue weighted by molar-refractivity contribution is -0.118. The first-order valence-corrected chi connectivity index (χ1v) is 9.27. The second-order valence-electron chi connectivity index (χ2n) is 6.75. The number of rotatable bonds is 5. The molecule has 5 heteroatoms. The fourth-order valence-electron chi connectivity index (χ4n) is 3.87. The van der Waals surface area contributed by atoms with Crippen molar-refractivity contribution in [3.05, 3.63) is 64.6 Å². The number of aromatic nitrogens is 2. The number of para-hydroxylation sites is 3. The van der Waals surface area contributed by atoms with Crippen LogP contribution in [-0.4, -0.2) is 21.6 Å². The number of amides is 1. The van der Waals surface area contributed by atoms with Crippen LogP contribution in [0.5, 0.6) is 0 Å². The van der Waals surface area contributed by atoms with E-state index in [4.69, 9.17) is 0 Å². The molecule has 1 aromatic heterocycles. The summed E-state index contributed by atoms with van der Waals surface area (Å²) in [6.07, 6.45) is 2.13. The highest BCUT2D eigenvalue weighted by Crippen LogP contribution is 2.28. The summed E-state index contributed by atoms with van der Waals surface area (Å²) in [4.78, 5) is 27.4. The third kappa shape index (κ3) is 2.73. The van der Waals surface area contributed by atoms with Gasteiger partial charge in [-0.05, 0) is 36.6 Å². The van der Waals surface area contributed by atoms with Crippen LogP contribution >= 0.6 is 0 Å². The van der Waals surface area contributed by atoms with E-state index in [0.717, 1.165) is 36.1 Å². The van der Waals surface area contributed by atoms with Gasteiger partial charge in [0.25, 0.3) is 0 Å². The van der Waals surface area contributed by atoms with Gasteiger partial charge in [-0.2, -0.15) is 0 Å². The van der Waals surface area contributed by atoms with Gasteiger partial charge in [-0.3, -0.25) is 13.9 Å². The molecule has 2 heterocycles. The summed E-state index contributed by atoms with van der Waals surface area (Å²) in [7, 11) is 0. The van der Waals surface area contributed by atoms with Crippen LogP contribution in [-0.2, 0) is 24.3 Å². The SMILES string of the molecule is CCCn1c(=O)n(CCC(=O)N2CCc3ccccc32)c2ccccc21. The average molecular weight is 349 g/mol. The van der Waals surface area contributed by atoms with E-state index in [2.05, 4.69) is 13.0 Å². The Balaban J connectivity index is 1.58. The van der Waals surface area contributed by atoms with Crippen LogP contribution in [0.1, 0.15) is 25.3 Å². The van der Waals surface area contributed by atoms with E-state index in [-0.39, 0.29) is 11.6 Å². The quantitative estimate of drug-likeness (QED) is 0.710. The van der Waals surface area contributed by atoms with Gasteiger partial charge in [0.1, 0.15) is 0 Å². The van der Waals surface area contributed by atoms with Crippen LogP contribution in [0.15, 0.2) is 53.3 Å². The van der Waals surface area contributed by atoms with Gasteiger partial charge in [-0.15, -0.1) is 0 Å². The molecule has 26 heavy (non-hydrogen) atoms. The van der Waals surface area contributed by atoms with Gasteiger partial charge >= 0.3 is 5.69 Å². The van der Waals surface area contributed by atoms with Gasteiger partial charge in [-0.25, -0.2) is 4.79 Å². The molecule has 0 radical (unpaired) electrons. The number of benzene rings is 2. The Morgan fingerprint density at radius 1 is 0.962 bits per heavy atom. The summed E-state index contributed by atoms with van der Waals surface area (Å²) in [6.45, 7) is 3.89. The van der Waals surface area contributed by atoms with Crippen molar-refractivity contribution in [1.82, 2.24) is 9.13 Å². The maximum atomic E-state index is 12.8. The number of carbonyl (C=O) groups excluding carboxylic acids is 1. The minimum atomic E-state index is -0.0253. The molecule has 0 bridgehead atoms. The molecule has 0 atom stereocenters. The fourth-order valence-corrected chi connectivity index (χ4v) is 3.87. The van der Waals surface area contributed by atoms with Gasteiger partial charge in [0.2, 0.25) is 5.91 Å². The highest BCUT2D eigenvalue weighted by atomic mass is 16.2. The monoisotopic (exact) mass is 349 g/mol. The molecule has 4 rings (SSSR count). The first-order chi connectivity index (χ1) is 12.7. The Kier molecular flexibility index (Phi) is 4.37. The summed E-state index contributed by atoms with van der Waals surface area (Å²) in [5.74, 6) is 0.0779. The highest BCUT2D eigenvalue weighted by molar-refractivity contribution is 5.95. The molecule has 0 aliphatic carbocycles. The third-order valence-corrected chi connectivity index (χ3v) is 5.11. The Labute approximate surface area is 152 Å². The average Bonchev–Trinajstić information content (AvgIpc) is 3.21. The van der Waals surface area contributed by atoms with Gasteiger partial charge in [0.05, 0.1) is 11.0 Å². The minimum absolute atomic E-state index is 0.0253. The lowest BCUT2D eigenvalue weighted by Crippen LogP contribution is -2.31. The van der Waals surface area contributed by atoms with Crippen molar-refractivity contribution >= 4 is 22.6 Å². The third-order valence-electron chi connectivity index (χ3n) is 5.11.